The highest BCUT2D eigenvalue weighted by atomic mass is 16.4. The molecule has 0 radical (unpaired) electrons. The Balaban J connectivity index is 2.07. The Bertz CT molecular complexity index is 496. The smallest absolute Gasteiger partial charge is 0.314 e. The van der Waals surface area contributed by atoms with Gasteiger partial charge >= 0.3 is 5.97 Å². The first-order valence-electron chi connectivity index (χ1n) is 8.41. The number of carbonyl (C=O) groups excluding carboxylic acids is 1. The van der Waals surface area contributed by atoms with Gasteiger partial charge in [0, 0.05) is 5.56 Å². The molecule has 0 aliphatic heterocycles. The van der Waals surface area contributed by atoms with E-state index in [2.05, 4.69) is 6.92 Å². The summed E-state index contributed by atoms with van der Waals surface area (Å²) < 4.78 is 0. The third-order valence-corrected chi connectivity index (χ3v) is 5.18. The van der Waals surface area contributed by atoms with Crippen molar-refractivity contribution in [3.63, 3.8) is 0 Å². The molecule has 0 atom stereocenters. The number of carboxylic acid groups (broad SMARTS) is 1. The molecule has 1 aliphatic rings. The molecule has 1 aromatic carbocycles. The van der Waals surface area contributed by atoms with Crippen LogP contribution < -0.4 is 0 Å². The summed E-state index contributed by atoms with van der Waals surface area (Å²) >= 11 is 0. The standard InChI is InChI=1S/C19H26O3/c1-2-3-4-5-15-10-12-19(13-11-15,18(21)22)17-8-6-16(14-20)7-9-17/h6-9,14-15H,2-5,10-13H2,1H3,(H,21,22). The van der Waals surface area contributed by atoms with Crippen LogP contribution in [0.3, 0.4) is 0 Å². The van der Waals surface area contributed by atoms with Gasteiger partial charge in [-0.15, -0.1) is 0 Å². The Morgan fingerprint density at radius 2 is 1.86 bits per heavy atom. The SMILES string of the molecule is CCCCCC1CCC(C(=O)O)(c2ccc(C=O)cc2)CC1. The molecule has 0 amide bonds. The van der Waals surface area contributed by atoms with Crippen LogP contribution in [0, 0.1) is 5.92 Å². The molecule has 0 spiro atoms. The predicted octanol–water partition coefficient (Wildman–Crippen LogP) is 4.59. The highest BCUT2D eigenvalue weighted by molar-refractivity contribution is 5.82. The van der Waals surface area contributed by atoms with Crippen LogP contribution in [0.5, 0.6) is 0 Å². The Morgan fingerprint density at radius 1 is 1.23 bits per heavy atom. The average Bonchev–Trinajstić information content (AvgIpc) is 2.56. The van der Waals surface area contributed by atoms with Gasteiger partial charge in [-0.25, -0.2) is 0 Å². The lowest BCUT2D eigenvalue weighted by molar-refractivity contribution is -0.145. The number of rotatable bonds is 7. The van der Waals surface area contributed by atoms with E-state index < -0.39 is 11.4 Å². The molecule has 22 heavy (non-hydrogen) atoms. The molecular weight excluding hydrogens is 276 g/mol. The van der Waals surface area contributed by atoms with Crippen LogP contribution >= 0.6 is 0 Å². The summed E-state index contributed by atoms with van der Waals surface area (Å²) in [5.41, 5.74) is 0.679. The third kappa shape index (κ3) is 3.57. The monoisotopic (exact) mass is 302 g/mol. The normalized spacial score (nSPS) is 24.9. The number of carboxylic acids is 1. The van der Waals surface area contributed by atoms with E-state index in [9.17, 15) is 14.7 Å². The minimum absolute atomic E-state index is 0.595. The van der Waals surface area contributed by atoms with Crippen LogP contribution in [0.1, 0.15) is 74.2 Å². The number of aldehydes is 1. The largest absolute Gasteiger partial charge is 0.481 e. The maximum atomic E-state index is 11.9. The summed E-state index contributed by atoms with van der Waals surface area (Å²) in [7, 11) is 0. The second-order valence-electron chi connectivity index (χ2n) is 6.57. The molecule has 1 fully saturated rings. The number of unbranched alkanes of at least 4 members (excludes halogenated alkanes) is 2. The van der Waals surface area contributed by atoms with Crippen LogP contribution in [0.25, 0.3) is 0 Å². The molecule has 2 rings (SSSR count). The van der Waals surface area contributed by atoms with Crippen molar-refractivity contribution in [2.75, 3.05) is 0 Å². The van der Waals surface area contributed by atoms with E-state index in [0.717, 1.165) is 24.7 Å². The Labute approximate surface area is 132 Å². The number of benzene rings is 1. The summed E-state index contributed by atoms with van der Waals surface area (Å²) in [5, 5.41) is 9.80. The zero-order valence-electron chi connectivity index (χ0n) is 13.4. The molecule has 0 aromatic heterocycles. The van der Waals surface area contributed by atoms with Crippen molar-refractivity contribution in [1.82, 2.24) is 0 Å². The molecule has 0 heterocycles. The maximum Gasteiger partial charge on any atom is 0.314 e. The third-order valence-electron chi connectivity index (χ3n) is 5.18. The minimum Gasteiger partial charge on any atom is -0.481 e. The van der Waals surface area contributed by atoms with E-state index >= 15 is 0 Å². The van der Waals surface area contributed by atoms with Gasteiger partial charge in [0.2, 0.25) is 0 Å². The van der Waals surface area contributed by atoms with Crippen LogP contribution in [0.4, 0.5) is 0 Å². The fraction of sp³-hybridized carbons (Fsp3) is 0.579. The maximum absolute atomic E-state index is 11.9. The van der Waals surface area contributed by atoms with Crippen molar-refractivity contribution in [1.29, 1.82) is 0 Å². The van der Waals surface area contributed by atoms with Crippen LogP contribution in [-0.2, 0) is 10.2 Å². The van der Waals surface area contributed by atoms with Crippen LogP contribution in [0.2, 0.25) is 0 Å². The van der Waals surface area contributed by atoms with E-state index in [-0.39, 0.29) is 0 Å². The predicted molar refractivity (Wildman–Crippen MR) is 87.2 cm³/mol. The van der Waals surface area contributed by atoms with Crippen molar-refractivity contribution < 1.29 is 14.7 Å². The zero-order valence-corrected chi connectivity index (χ0v) is 13.4. The lowest BCUT2D eigenvalue weighted by Crippen LogP contribution is -2.39. The van der Waals surface area contributed by atoms with Gasteiger partial charge in [-0.2, -0.15) is 0 Å². The summed E-state index contributed by atoms with van der Waals surface area (Å²) in [6.07, 6.45) is 9.18. The molecule has 0 bridgehead atoms. The molecule has 0 unspecified atom stereocenters. The molecule has 1 N–H and O–H groups in total. The summed E-state index contributed by atoms with van der Waals surface area (Å²) in [6, 6.07) is 7.07. The molecule has 1 aliphatic carbocycles. The zero-order chi connectivity index (χ0) is 16.0. The molecule has 120 valence electrons. The number of hydrogen-bond donors (Lipinski definition) is 1. The van der Waals surface area contributed by atoms with Gasteiger partial charge in [0.15, 0.2) is 0 Å². The van der Waals surface area contributed by atoms with Crippen molar-refractivity contribution in [2.45, 2.75) is 63.7 Å². The first-order chi connectivity index (χ1) is 10.6. The van der Waals surface area contributed by atoms with Gasteiger partial charge < -0.3 is 5.11 Å². The highest BCUT2D eigenvalue weighted by Gasteiger charge is 2.43. The Morgan fingerprint density at radius 3 is 2.36 bits per heavy atom. The highest BCUT2D eigenvalue weighted by Crippen LogP contribution is 2.43. The fourth-order valence-electron chi connectivity index (χ4n) is 3.65. The van der Waals surface area contributed by atoms with Crippen molar-refractivity contribution in [3.05, 3.63) is 35.4 Å². The van der Waals surface area contributed by atoms with E-state index in [1.165, 1.54) is 25.7 Å². The fourth-order valence-corrected chi connectivity index (χ4v) is 3.65. The number of hydrogen-bond acceptors (Lipinski definition) is 2. The van der Waals surface area contributed by atoms with Gasteiger partial charge in [-0.3, -0.25) is 9.59 Å². The van der Waals surface area contributed by atoms with E-state index in [1.807, 2.05) is 12.1 Å². The van der Waals surface area contributed by atoms with Gasteiger partial charge in [0.05, 0.1) is 5.41 Å². The van der Waals surface area contributed by atoms with Gasteiger partial charge in [-0.1, -0.05) is 56.9 Å². The molecule has 1 saturated carbocycles. The molecule has 0 saturated heterocycles. The van der Waals surface area contributed by atoms with Gasteiger partial charge in [0.1, 0.15) is 6.29 Å². The van der Waals surface area contributed by atoms with Gasteiger partial charge in [-0.05, 0) is 37.2 Å². The summed E-state index contributed by atoms with van der Waals surface area (Å²) in [6.45, 7) is 2.21. The van der Waals surface area contributed by atoms with E-state index in [1.54, 1.807) is 12.1 Å². The van der Waals surface area contributed by atoms with Crippen LogP contribution in [-0.4, -0.2) is 17.4 Å². The second-order valence-corrected chi connectivity index (χ2v) is 6.57. The average molecular weight is 302 g/mol. The first kappa shape index (κ1) is 16.7. The molecular formula is C19H26O3. The van der Waals surface area contributed by atoms with Gasteiger partial charge in [0.25, 0.3) is 0 Å². The van der Waals surface area contributed by atoms with Crippen LogP contribution in [0.15, 0.2) is 24.3 Å². The quantitative estimate of drug-likeness (QED) is 0.592. The second kappa shape index (κ2) is 7.57. The topological polar surface area (TPSA) is 54.4 Å². The minimum atomic E-state index is -0.761. The van der Waals surface area contributed by atoms with Crippen molar-refractivity contribution in [2.24, 2.45) is 5.92 Å². The Hall–Kier alpha value is -1.64. The molecule has 3 heteroatoms. The van der Waals surface area contributed by atoms with E-state index in [4.69, 9.17) is 0 Å². The summed E-state index contributed by atoms with van der Waals surface area (Å²) in [4.78, 5) is 22.7. The first-order valence-corrected chi connectivity index (χ1v) is 8.41. The molecule has 1 aromatic rings. The lowest BCUT2D eigenvalue weighted by atomic mass is 9.66. The van der Waals surface area contributed by atoms with Crippen molar-refractivity contribution in [3.8, 4) is 0 Å². The lowest BCUT2D eigenvalue weighted by Gasteiger charge is -2.37. The molecule has 3 nitrogen and oxygen atoms in total. The number of carbonyl (C=O) groups is 2. The summed E-state index contributed by atoms with van der Waals surface area (Å²) in [5.74, 6) is -0.0494. The van der Waals surface area contributed by atoms with Crippen molar-refractivity contribution >= 4 is 12.3 Å². The Kier molecular flexibility index (Phi) is 5.76. The van der Waals surface area contributed by atoms with E-state index in [0.29, 0.717) is 24.3 Å². The number of aliphatic carboxylic acids is 1.